The lowest BCUT2D eigenvalue weighted by atomic mass is 9.72. The van der Waals surface area contributed by atoms with E-state index in [-0.39, 0.29) is 12.0 Å². The zero-order valence-electron chi connectivity index (χ0n) is 11.1. The summed E-state index contributed by atoms with van der Waals surface area (Å²) in [6, 6.07) is 9.84. The molecule has 1 heterocycles. The van der Waals surface area contributed by atoms with Crippen LogP contribution in [0.25, 0.3) is 10.9 Å². The average Bonchev–Trinajstić information content (AvgIpc) is 2.35. The van der Waals surface area contributed by atoms with Crippen molar-refractivity contribution in [3.63, 3.8) is 0 Å². The summed E-state index contributed by atoms with van der Waals surface area (Å²) in [6.45, 7) is 6.12. The lowest BCUT2D eigenvalue weighted by molar-refractivity contribution is -0.0558. The number of fused-ring (bicyclic) bond motifs is 1. The summed E-state index contributed by atoms with van der Waals surface area (Å²) in [5, 5.41) is 11.8. The van der Waals surface area contributed by atoms with Gasteiger partial charge in [0.1, 0.15) is 5.60 Å². The minimum absolute atomic E-state index is 0.177. The zero-order valence-corrected chi connectivity index (χ0v) is 11.1. The Hall–Kier alpha value is -1.45. The van der Waals surface area contributed by atoms with E-state index >= 15 is 0 Å². The fourth-order valence-electron chi connectivity index (χ4n) is 2.15. The molecule has 0 spiro atoms. The van der Waals surface area contributed by atoms with E-state index in [1.807, 2.05) is 51.1 Å². The average molecular weight is 244 g/mol. The Kier molecular flexibility index (Phi) is 3.13. The monoisotopic (exact) mass is 244 g/mol. The maximum Gasteiger partial charge on any atom is 0.108 e. The van der Waals surface area contributed by atoms with Crippen molar-refractivity contribution < 1.29 is 5.11 Å². The van der Waals surface area contributed by atoms with Crippen LogP contribution in [0.1, 0.15) is 26.3 Å². The van der Waals surface area contributed by atoms with Crippen LogP contribution in [-0.2, 0) is 5.60 Å². The third-order valence-electron chi connectivity index (χ3n) is 3.60. The molecule has 0 saturated carbocycles. The van der Waals surface area contributed by atoms with Crippen molar-refractivity contribution in [1.29, 1.82) is 0 Å². The maximum atomic E-state index is 10.8. The highest BCUT2D eigenvalue weighted by atomic mass is 16.3. The maximum absolute atomic E-state index is 10.8. The smallest absolute Gasteiger partial charge is 0.108 e. The lowest BCUT2D eigenvalue weighted by Crippen LogP contribution is -2.46. The first kappa shape index (κ1) is 13.0. The van der Waals surface area contributed by atoms with Crippen molar-refractivity contribution in [2.45, 2.75) is 26.4 Å². The predicted molar refractivity (Wildman–Crippen MR) is 74.1 cm³/mol. The van der Waals surface area contributed by atoms with E-state index in [0.29, 0.717) is 0 Å². The lowest BCUT2D eigenvalue weighted by Gasteiger charge is -2.39. The molecular weight excluding hydrogens is 224 g/mol. The molecule has 0 saturated heterocycles. The van der Waals surface area contributed by atoms with Gasteiger partial charge in [-0.3, -0.25) is 4.98 Å². The molecule has 0 aliphatic carbocycles. The standard InChI is InChI=1S/C15H20N2O/c1-14(2,3)15(18,10-16)12-8-11-6-4-5-7-13(11)17-9-12/h4-9,18H,10,16H2,1-3H3. The largest absolute Gasteiger partial charge is 0.383 e. The first-order chi connectivity index (χ1) is 8.38. The molecule has 0 fully saturated rings. The molecule has 2 rings (SSSR count). The second-order valence-corrected chi connectivity index (χ2v) is 5.73. The zero-order chi connectivity index (χ0) is 13.4. The van der Waals surface area contributed by atoms with Gasteiger partial charge in [-0.15, -0.1) is 0 Å². The van der Waals surface area contributed by atoms with Crippen LogP contribution in [0.4, 0.5) is 0 Å². The van der Waals surface area contributed by atoms with Crippen molar-refractivity contribution in [1.82, 2.24) is 4.98 Å². The van der Waals surface area contributed by atoms with Crippen molar-refractivity contribution in [3.05, 3.63) is 42.1 Å². The minimum atomic E-state index is -1.07. The van der Waals surface area contributed by atoms with Crippen LogP contribution in [0.2, 0.25) is 0 Å². The van der Waals surface area contributed by atoms with Gasteiger partial charge >= 0.3 is 0 Å². The van der Waals surface area contributed by atoms with Crippen LogP contribution in [0.5, 0.6) is 0 Å². The van der Waals surface area contributed by atoms with Crippen LogP contribution in [-0.4, -0.2) is 16.6 Å². The Bertz CT molecular complexity index is 560. The minimum Gasteiger partial charge on any atom is -0.383 e. The Morgan fingerprint density at radius 3 is 2.50 bits per heavy atom. The molecule has 1 aromatic carbocycles. The number of pyridine rings is 1. The van der Waals surface area contributed by atoms with E-state index in [4.69, 9.17) is 5.73 Å². The summed E-state index contributed by atoms with van der Waals surface area (Å²) < 4.78 is 0. The van der Waals surface area contributed by atoms with E-state index in [1.165, 1.54) is 0 Å². The molecule has 0 aliphatic rings. The van der Waals surface area contributed by atoms with Crippen molar-refractivity contribution in [2.75, 3.05) is 6.54 Å². The molecule has 0 amide bonds. The Labute approximate surface area is 108 Å². The summed E-state index contributed by atoms with van der Waals surface area (Å²) in [4.78, 5) is 4.39. The SMILES string of the molecule is CC(C)(C)C(O)(CN)c1cnc2ccccc2c1. The van der Waals surface area contributed by atoms with Gasteiger partial charge in [-0.25, -0.2) is 0 Å². The van der Waals surface area contributed by atoms with Crippen molar-refractivity contribution in [3.8, 4) is 0 Å². The Morgan fingerprint density at radius 2 is 1.89 bits per heavy atom. The third kappa shape index (κ3) is 2.00. The molecular formula is C15H20N2O. The molecule has 1 aromatic heterocycles. The fraction of sp³-hybridized carbons (Fsp3) is 0.400. The molecule has 2 aromatic rings. The first-order valence-electron chi connectivity index (χ1n) is 6.16. The Balaban J connectivity index is 2.59. The second kappa shape index (κ2) is 4.34. The number of nitrogens with zero attached hydrogens (tertiary/aromatic N) is 1. The van der Waals surface area contributed by atoms with E-state index < -0.39 is 5.60 Å². The molecule has 0 bridgehead atoms. The van der Waals surface area contributed by atoms with Gasteiger partial charge < -0.3 is 10.8 Å². The summed E-state index contributed by atoms with van der Waals surface area (Å²) in [5.41, 5.74) is 6.08. The number of hydrogen-bond acceptors (Lipinski definition) is 3. The van der Waals surface area contributed by atoms with Gasteiger partial charge in [0.2, 0.25) is 0 Å². The topological polar surface area (TPSA) is 59.1 Å². The third-order valence-corrected chi connectivity index (χ3v) is 3.60. The number of aromatic nitrogens is 1. The van der Waals surface area contributed by atoms with Crippen LogP contribution in [0.3, 0.4) is 0 Å². The molecule has 0 aliphatic heterocycles. The van der Waals surface area contributed by atoms with E-state index in [1.54, 1.807) is 6.20 Å². The molecule has 3 nitrogen and oxygen atoms in total. The van der Waals surface area contributed by atoms with Gasteiger partial charge in [0.25, 0.3) is 0 Å². The summed E-state index contributed by atoms with van der Waals surface area (Å²) in [5.74, 6) is 0. The number of rotatable bonds is 2. The summed E-state index contributed by atoms with van der Waals surface area (Å²) in [6.07, 6.45) is 1.72. The van der Waals surface area contributed by atoms with Crippen LogP contribution < -0.4 is 5.73 Å². The van der Waals surface area contributed by atoms with Crippen molar-refractivity contribution >= 4 is 10.9 Å². The molecule has 0 radical (unpaired) electrons. The highest BCUT2D eigenvalue weighted by molar-refractivity contribution is 5.79. The summed E-state index contributed by atoms with van der Waals surface area (Å²) in [7, 11) is 0. The van der Waals surface area contributed by atoms with Gasteiger partial charge in [-0.05, 0) is 17.5 Å². The van der Waals surface area contributed by atoms with Crippen LogP contribution in [0, 0.1) is 5.41 Å². The number of nitrogens with two attached hydrogens (primary N) is 1. The first-order valence-corrected chi connectivity index (χ1v) is 6.16. The van der Waals surface area contributed by atoms with Crippen LogP contribution >= 0.6 is 0 Å². The number of aliphatic hydroxyl groups is 1. The number of hydrogen-bond donors (Lipinski definition) is 2. The van der Waals surface area contributed by atoms with Gasteiger partial charge in [0.05, 0.1) is 5.52 Å². The molecule has 1 unspecified atom stereocenters. The molecule has 3 N–H and O–H groups in total. The number of para-hydroxylation sites is 1. The quantitative estimate of drug-likeness (QED) is 0.853. The molecule has 3 heteroatoms. The van der Waals surface area contributed by atoms with E-state index in [0.717, 1.165) is 16.5 Å². The highest BCUT2D eigenvalue weighted by Crippen LogP contribution is 2.38. The molecule has 96 valence electrons. The predicted octanol–water partition coefficient (Wildman–Crippen LogP) is 2.43. The number of benzene rings is 1. The van der Waals surface area contributed by atoms with E-state index in [2.05, 4.69) is 4.98 Å². The highest BCUT2D eigenvalue weighted by Gasteiger charge is 2.40. The fourth-order valence-corrected chi connectivity index (χ4v) is 2.15. The Morgan fingerprint density at radius 1 is 1.22 bits per heavy atom. The molecule has 18 heavy (non-hydrogen) atoms. The van der Waals surface area contributed by atoms with E-state index in [9.17, 15) is 5.11 Å². The van der Waals surface area contributed by atoms with Gasteiger partial charge in [-0.1, -0.05) is 39.0 Å². The second-order valence-electron chi connectivity index (χ2n) is 5.73. The summed E-state index contributed by atoms with van der Waals surface area (Å²) >= 11 is 0. The van der Waals surface area contributed by atoms with Crippen LogP contribution in [0.15, 0.2) is 36.5 Å². The van der Waals surface area contributed by atoms with Gasteiger partial charge in [0, 0.05) is 23.7 Å². The van der Waals surface area contributed by atoms with Gasteiger partial charge in [0.15, 0.2) is 0 Å². The normalized spacial score (nSPS) is 15.6. The van der Waals surface area contributed by atoms with Gasteiger partial charge in [-0.2, -0.15) is 0 Å². The van der Waals surface area contributed by atoms with Crippen molar-refractivity contribution in [2.24, 2.45) is 11.1 Å². The molecule has 1 atom stereocenters.